The zero-order valence-corrected chi connectivity index (χ0v) is 10.2. The van der Waals surface area contributed by atoms with E-state index < -0.39 is 0 Å². The first kappa shape index (κ1) is 14.8. The molecule has 0 saturated carbocycles. The topological polar surface area (TPSA) is 0 Å². The highest BCUT2D eigenvalue weighted by Crippen LogP contribution is 2.17. The Balaban J connectivity index is 0. The summed E-state index contributed by atoms with van der Waals surface area (Å²) in [7, 11) is 0. The maximum Gasteiger partial charge on any atom is 0.0835 e. The minimum absolute atomic E-state index is 0. The molecule has 0 bridgehead atoms. The smallest absolute Gasteiger partial charge is 0.0835 e. The minimum atomic E-state index is 0. The number of quaternary nitrogens is 1. The quantitative estimate of drug-likeness (QED) is 0.537. The van der Waals surface area contributed by atoms with Crippen LogP contribution in [-0.4, -0.2) is 29.7 Å². The van der Waals surface area contributed by atoms with Crippen molar-refractivity contribution in [3.05, 3.63) is 0 Å². The van der Waals surface area contributed by atoms with Crippen molar-refractivity contribution in [1.29, 1.82) is 0 Å². The van der Waals surface area contributed by atoms with Gasteiger partial charge in [-0.25, -0.2) is 0 Å². The van der Waals surface area contributed by atoms with Crippen LogP contribution in [0.5, 0.6) is 0 Å². The monoisotopic (exact) mass is 193 g/mol. The molecule has 0 spiro atoms. The molecule has 0 atom stereocenters. The van der Waals surface area contributed by atoms with Crippen molar-refractivity contribution in [1.82, 2.24) is 0 Å². The van der Waals surface area contributed by atoms with Crippen molar-refractivity contribution >= 4 is 0 Å². The highest BCUT2D eigenvalue weighted by atomic mass is 35.5. The maximum absolute atomic E-state index is 2.33. The molecule has 0 radical (unpaired) electrons. The van der Waals surface area contributed by atoms with Crippen molar-refractivity contribution in [2.75, 3.05) is 13.1 Å². The van der Waals surface area contributed by atoms with Crippen LogP contribution in [0.3, 0.4) is 0 Å². The number of nitrogens with zero attached hydrogens (tertiary/aromatic N) is 1. The van der Waals surface area contributed by atoms with Crippen molar-refractivity contribution in [2.24, 2.45) is 0 Å². The van der Waals surface area contributed by atoms with Gasteiger partial charge in [0.2, 0.25) is 0 Å². The molecule has 0 aliphatic carbocycles. The van der Waals surface area contributed by atoms with Gasteiger partial charge in [0.05, 0.1) is 25.2 Å². The maximum atomic E-state index is 2.33. The van der Waals surface area contributed by atoms with E-state index >= 15 is 0 Å². The average Bonchev–Trinajstić information content (AvgIpc) is 1.90. The summed E-state index contributed by atoms with van der Waals surface area (Å²) in [5, 5.41) is 0. The SMILES string of the molecule is CC[N+](CC)(C(C)C)C(C)C.[Cl-]. The van der Waals surface area contributed by atoms with Crippen molar-refractivity contribution in [3.63, 3.8) is 0 Å². The van der Waals surface area contributed by atoms with Gasteiger partial charge in [0.15, 0.2) is 0 Å². The zero-order chi connectivity index (χ0) is 9.07. The van der Waals surface area contributed by atoms with E-state index in [1.165, 1.54) is 17.6 Å². The second kappa shape index (κ2) is 5.82. The fraction of sp³-hybridized carbons (Fsp3) is 1.00. The van der Waals surface area contributed by atoms with Gasteiger partial charge in [0, 0.05) is 0 Å². The molecule has 0 saturated heterocycles. The van der Waals surface area contributed by atoms with E-state index in [9.17, 15) is 0 Å². The third kappa shape index (κ3) is 2.63. The summed E-state index contributed by atoms with van der Waals surface area (Å²) in [6.45, 7) is 16.4. The lowest BCUT2D eigenvalue weighted by atomic mass is 10.1. The molecule has 0 unspecified atom stereocenters. The van der Waals surface area contributed by atoms with Crippen molar-refractivity contribution < 1.29 is 16.9 Å². The number of halogens is 1. The van der Waals surface area contributed by atoms with E-state index in [4.69, 9.17) is 0 Å². The fourth-order valence-electron chi connectivity index (χ4n) is 2.28. The molecule has 2 heteroatoms. The summed E-state index contributed by atoms with van der Waals surface area (Å²) in [6, 6.07) is 1.51. The molecule has 76 valence electrons. The Kier molecular flexibility index (Phi) is 7.16. The van der Waals surface area contributed by atoms with Gasteiger partial charge in [-0.1, -0.05) is 0 Å². The Morgan fingerprint density at radius 3 is 1.08 bits per heavy atom. The molecule has 0 aromatic carbocycles. The van der Waals surface area contributed by atoms with Crippen LogP contribution in [0.4, 0.5) is 0 Å². The second-order valence-corrected chi connectivity index (χ2v) is 3.92. The van der Waals surface area contributed by atoms with Crippen LogP contribution in [0.15, 0.2) is 0 Å². The normalized spacial score (nSPS) is 12.0. The van der Waals surface area contributed by atoms with Gasteiger partial charge in [0.25, 0.3) is 0 Å². The molecule has 0 N–H and O–H groups in total. The molecule has 12 heavy (non-hydrogen) atoms. The van der Waals surface area contributed by atoms with Crippen LogP contribution in [-0.2, 0) is 0 Å². The summed E-state index contributed by atoms with van der Waals surface area (Å²) in [5.41, 5.74) is 0. The summed E-state index contributed by atoms with van der Waals surface area (Å²) < 4.78 is 1.25. The minimum Gasteiger partial charge on any atom is -1.00 e. The predicted octanol–water partition coefficient (Wildman–Crippen LogP) is -0.336. The predicted molar refractivity (Wildman–Crippen MR) is 51.6 cm³/mol. The second-order valence-electron chi connectivity index (χ2n) is 3.92. The summed E-state index contributed by atoms with van der Waals surface area (Å²) in [4.78, 5) is 0. The van der Waals surface area contributed by atoms with Crippen molar-refractivity contribution in [3.8, 4) is 0 Å². The molecular weight excluding hydrogens is 170 g/mol. The first-order valence-corrected chi connectivity index (χ1v) is 4.87. The van der Waals surface area contributed by atoms with E-state index in [-0.39, 0.29) is 12.4 Å². The molecule has 0 rings (SSSR count). The molecule has 0 heterocycles. The highest BCUT2D eigenvalue weighted by molar-refractivity contribution is 4.50. The molecule has 0 amide bonds. The van der Waals surface area contributed by atoms with Crippen LogP contribution in [0.25, 0.3) is 0 Å². The van der Waals surface area contributed by atoms with Gasteiger partial charge in [-0.2, -0.15) is 0 Å². The highest BCUT2D eigenvalue weighted by Gasteiger charge is 2.30. The van der Waals surface area contributed by atoms with Crippen LogP contribution in [0, 0.1) is 0 Å². The van der Waals surface area contributed by atoms with Gasteiger partial charge in [-0.15, -0.1) is 0 Å². The van der Waals surface area contributed by atoms with Crippen LogP contribution >= 0.6 is 0 Å². The zero-order valence-electron chi connectivity index (χ0n) is 9.39. The Morgan fingerprint density at radius 2 is 1.08 bits per heavy atom. The lowest BCUT2D eigenvalue weighted by molar-refractivity contribution is -0.963. The average molecular weight is 194 g/mol. The molecule has 0 aliphatic heterocycles. The van der Waals surface area contributed by atoms with Crippen LogP contribution < -0.4 is 12.4 Å². The molecule has 0 aliphatic rings. The fourth-order valence-corrected chi connectivity index (χ4v) is 2.28. The Bertz CT molecular complexity index is 96.4. The van der Waals surface area contributed by atoms with Gasteiger partial charge >= 0.3 is 0 Å². The number of hydrogen-bond donors (Lipinski definition) is 0. The van der Waals surface area contributed by atoms with Gasteiger partial charge < -0.3 is 16.9 Å². The Hall–Kier alpha value is 0.250. The lowest BCUT2D eigenvalue weighted by Gasteiger charge is -2.44. The largest absolute Gasteiger partial charge is 1.00 e. The van der Waals surface area contributed by atoms with Gasteiger partial charge in [-0.05, 0) is 41.5 Å². The molecule has 0 aromatic rings. The third-order valence-electron chi connectivity index (χ3n) is 3.23. The number of hydrogen-bond acceptors (Lipinski definition) is 0. The van der Waals surface area contributed by atoms with Crippen LogP contribution in [0.1, 0.15) is 41.5 Å². The molecule has 0 aromatic heterocycles. The van der Waals surface area contributed by atoms with E-state index in [2.05, 4.69) is 41.5 Å². The van der Waals surface area contributed by atoms with Gasteiger partial charge in [-0.3, -0.25) is 0 Å². The first-order valence-electron chi connectivity index (χ1n) is 4.87. The van der Waals surface area contributed by atoms with Gasteiger partial charge in [0.1, 0.15) is 0 Å². The van der Waals surface area contributed by atoms with E-state index in [0.717, 1.165) is 12.1 Å². The molecule has 0 fully saturated rings. The van der Waals surface area contributed by atoms with E-state index in [1.54, 1.807) is 0 Å². The van der Waals surface area contributed by atoms with Crippen LogP contribution in [0.2, 0.25) is 0 Å². The Labute approximate surface area is 84.1 Å². The van der Waals surface area contributed by atoms with Crippen molar-refractivity contribution in [2.45, 2.75) is 53.6 Å². The molecule has 1 nitrogen and oxygen atoms in total. The summed E-state index contributed by atoms with van der Waals surface area (Å²) in [6.07, 6.45) is 0. The standard InChI is InChI=1S/C10H24N.ClH/c1-7-11(8-2,9(3)4)10(5)6;/h9-10H,7-8H2,1-6H3;1H/q+1;/p-1. The molecular formula is C10H24ClN. The number of rotatable bonds is 4. The summed E-state index contributed by atoms with van der Waals surface area (Å²) >= 11 is 0. The lowest BCUT2D eigenvalue weighted by Crippen LogP contribution is -3.00. The first-order chi connectivity index (χ1) is 5.01. The third-order valence-corrected chi connectivity index (χ3v) is 3.23. The van der Waals surface area contributed by atoms with E-state index in [1.807, 2.05) is 0 Å². The Morgan fingerprint density at radius 1 is 0.833 bits per heavy atom. The summed E-state index contributed by atoms with van der Waals surface area (Å²) in [5.74, 6) is 0. The van der Waals surface area contributed by atoms with E-state index in [0.29, 0.717) is 0 Å².